The first-order chi connectivity index (χ1) is 20.4. The molecule has 2 aliphatic heterocycles. The van der Waals surface area contributed by atoms with Gasteiger partial charge in [0.05, 0.1) is 29.1 Å². The van der Waals surface area contributed by atoms with Crippen molar-refractivity contribution in [1.29, 1.82) is 0 Å². The van der Waals surface area contributed by atoms with Crippen molar-refractivity contribution in [3.63, 3.8) is 0 Å². The molecule has 6 rings (SSSR count). The monoisotopic (exact) mass is 599 g/mol. The number of benzene rings is 2. The maximum Gasteiger partial charge on any atom is 0.419 e. The molecule has 1 saturated heterocycles. The molecule has 222 valence electrons. The number of aromatic nitrogens is 3. The van der Waals surface area contributed by atoms with E-state index >= 15 is 0 Å². The van der Waals surface area contributed by atoms with Crippen LogP contribution in [-0.4, -0.2) is 50.1 Å². The maximum atomic E-state index is 14.7. The standard InChI is InChI=1S/C30H23F6N5O2/c1-16-11-19(40-26(42)12-17-4-6-23(32)27(33)28(17)40)8-10-39(16)29(43)24-14-25(18-3-2-9-37-15-18)41(38-24)20-5-7-22(31)21(13-20)30(34,35)36/h2-7,9,13-16,19H,8,10-12H2,1H3. The third kappa shape index (κ3) is 5.02. The van der Waals surface area contributed by atoms with Crippen LogP contribution in [0.1, 0.15) is 41.4 Å². The minimum absolute atomic E-state index is 0.0476. The predicted octanol–water partition coefficient (Wildman–Crippen LogP) is 5.95. The summed E-state index contributed by atoms with van der Waals surface area (Å²) in [7, 11) is 0. The van der Waals surface area contributed by atoms with E-state index in [-0.39, 0.29) is 54.5 Å². The van der Waals surface area contributed by atoms with E-state index in [1.165, 1.54) is 34.3 Å². The van der Waals surface area contributed by atoms with Gasteiger partial charge >= 0.3 is 6.18 Å². The van der Waals surface area contributed by atoms with E-state index in [4.69, 9.17) is 0 Å². The minimum atomic E-state index is -4.95. The number of nitrogens with zero attached hydrogens (tertiary/aromatic N) is 5. The van der Waals surface area contributed by atoms with Crippen LogP contribution in [-0.2, 0) is 17.4 Å². The highest BCUT2D eigenvalue weighted by molar-refractivity contribution is 6.02. The SMILES string of the molecule is CC1CC(N2C(=O)Cc3ccc(F)c(F)c32)CCN1C(=O)c1cc(-c2cccnc2)n(-c2ccc(F)c(C(F)(F)F)c2)n1. The lowest BCUT2D eigenvalue weighted by molar-refractivity contribution is -0.140. The van der Waals surface area contributed by atoms with Crippen molar-refractivity contribution in [2.24, 2.45) is 0 Å². The smallest absolute Gasteiger partial charge is 0.334 e. The van der Waals surface area contributed by atoms with Gasteiger partial charge < -0.3 is 9.80 Å². The van der Waals surface area contributed by atoms with Crippen LogP contribution in [0.4, 0.5) is 32.0 Å². The van der Waals surface area contributed by atoms with Crippen LogP contribution in [0, 0.1) is 17.5 Å². The molecule has 0 spiro atoms. The molecule has 0 bridgehead atoms. The fourth-order valence-corrected chi connectivity index (χ4v) is 5.84. The van der Waals surface area contributed by atoms with Gasteiger partial charge in [0.1, 0.15) is 5.82 Å². The number of fused-ring (bicyclic) bond motifs is 1. The Kier molecular flexibility index (Phi) is 6.98. The molecule has 2 atom stereocenters. The number of hydrogen-bond acceptors (Lipinski definition) is 4. The first-order valence-corrected chi connectivity index (χ1v) is 13.4. The molecule has 13 heteroatoms. The van der Waals surface area contributed by atoms with Gasteiger partial charge in [-0.25, -0.2) is 17.9 Å². The molecule has 2 aromatic carbocycles. The van der Waals surface area contributed by atoms with Gasteiger partial charge in [-0.2, -0.15) is 18.3 Å². The second kappa shape index (κ2) is 10.5. The second-order valence-corrected chi connectivity index (χ2v) is 10.6. The van der Waals surface area contributed by atoms with E-state index < -0.39 is 47.2 Å². The fraction of sp³-hybridized carbons (Fsp3) is 0.267. The largest absolute Gasteiger partial charge is 0.419 e. The predicted molar refractivity (Wildman–Crippen MR) is 143 cm³/mol. The molecule has 0 saturated carbocycles. The van der Waals surface area contributed by atoms with Crippen LogP contribution < -0.4 is 4.90 Å². The lowest BCUT2D eigenvalue weighted by Gasteiger charge is -2.41. The minimum Gasteiger partial charge on any atom is -0.334 e. The molecule has 0 radical (unpaired) electrons. The molecule has 2 aromatic heterocycles. The summed E-state index contributed by atoms with van der Waals surface area (Å²) in [6.07, 6.45) is -1.49. The molecule has 2 amide bonds. The van der Waals surface area contributed by atoms with Crippen LogP contribution >= 0.6 is 0 Å². The number of anilines is 1. The van der Waals surface area contributed by atoms with Crippen LogP contribution in [0.25, 0.3) is 16.9 Å². The third-order valence-electron chi connectivity index (χ3n) is 7.86. The van der Waals surface area contributed by atoms with Crippen molar-refractivity contribution < 1.29 is 35.9 Å². The van der Waals surface area contributed by atoms with Gasteiger partial charge in [-0.3, -0.25) is 14.6 Å². The van der Waals surface area contributed by atoms with Crippen LogP contribution in [0.5, 0.6) is 0 Å². The zero-order chi connectivity index (χ0) is 30.6. The molecule has 2 unspecified atom stereocenters. The Labute approximate surface area is 241 Å². The average Bonchev–Trinajstić information content (AvgIpc) is 3.56. The molecule has 2 aliphatic rings. The number of halogens is 6. The quantitative estimate of drug-likeness (QED) is 0.272. The van der Waals surface area contributed by atoms with Crippen molar-refractivity contribution >= 4 is 17.5 Å². The number of rotatable bonds is 4. The van der Waals surface area contributed by atoms with Crippen LogP contribution in [0.2, 0.25) is 0 Å². The van der Waals surface area contributed by atoms with E-state index in [0.29, 0.717) is 23.3 Å². The molecular formula is C30H23F6N5O2. The molecular weight excluding hydrogens is 576 g/mol. The Bertz CT molecular complexity index is 1740. The van der Waals surface area contributed by atoms with E-state index in [9.17, 15) is 35.9 Å². The zero-order valence-corrected chi connectivity index (χ0v) is 22.6. The van der Waals surface area contributed by atoms with Gasteiger partial charge in [0.15, 0.2) is 17.3 Å². The Morgan fingerprint density at radius 3 is 2.49 bits per heavy atom. The van der Waals surface area contributed by atoms with Crippen molar-refractivity contribution in [1.82, 2.24) is 19.7 Å². The van der Waals surface area contributed by atoms with Gasteiger partial charge in [-0.05, 0) is 67.8 Å². The summed E-state index contributed by atoms with van der Waals surface area (Å²) < 4.78 is 84.3. The van der Waals surface area contributed by atoms with Crippen molar-refractivity contribution in [3.05, 3.63) is 95.2 Å². The van der Waals surface area contributed by atoms with Crippen molar-refractivity contribution in [2.75, 3.05) is 11.4 Å². The molecule has 4 aromatic rings. The Morgan fingerprint density at radius 2 is 1.79 bits per heavy atom. The summed E-state index contributed by atoms with van der Waals surface area (Å²) in [4.78, 5) is 33.4. The molecule has 4 heterocycles. The van der Waals surface area contributed by atoms with Gasteiger partial charge in [0.2, 0.25) is 5.91 Å². The van der Waals surface area contributed by atoms with Crippen molar-refractivity contribution in [3.8, 4) is 16.9 Å². The van der Waals surface area contributed by atoms with Gasteiger partial charge in [0.25, 0.3) is 5.91 Å². The Balaban J connectivity index is 1.30. The number of likely N-dealkylation sites (tertiary alicyclic amines) is 1. The maximum absolute atomic E-state index is 14.7. The lowest BCUT2D eigenvalue weighted by Crippen LogP contribution is -2.52. The zero-order valence-electron chi connectivity index (χ0n) is 22.6. The number of carbonyl (C=O) groups excluding carboxylic acids is 2. The van der Waals surface area contributed by atoms with E-state index in [1.807, 2.05) is 0 Å². The first kappa shape index (κ1) is 28.4. The number of amides is 2. The summed E-state index contributed by atoms with van der Waals surface area (Å²) in [5.74, 6) is -4.45. The van der Waals surface area contributed by atoms with E-state index in [2.05, 4.69) is 10.1 Å². The van der Waals surface area contributed by atoms with Gasteiger partial charge in [-0.1, -0.05) is 6.07 Å². The van der Waals surface area contributed by atoms with Crippen LogP contribution in [0.3, 0.4) is 0 Å². The molecule has 0 aliphatic carbocycles. The Hall–Kier alpha value is -4.68. The average molecular weight is 600 g/mol. The number of piperidine rings is 1. The summed E-state index contributed by atoms with van der Waals surface area (Å²) in [5.41, 5.74) is -0.612. The highest BCUT2D eigenvalue weighted by Gasteiger charge is 2.41. The summed E-state index contributed by atoms with van der Waals surface area (Å²) in [6, 6.07) is 8.57. The normalized spacial score (nSPS) is 18.7. The second-order valence-electron chi connectivity index (χ2n) is 10.6. The van der Waals surface area contributed by atoms with Crippen molar-refractivity contribution in [2.45, 2.75) is 44.4 Å². The highest BCUT2D eigenvalue weighted by Crippen LogP contribution is 2.38. The summed E-state index contributed by atoms with van der Waals surface area (Å²) in [5, 5.41) is 4.33. The number of carbonyl (C=O) groups is 2. The number of hydrogen-bond donors (Lipinski definition) is 0. The number of pyridine rings is 1. The molecule has 1 fully saturated rings. The fourth-order valence-electron chi connectivity index (χ4n) is 5.84. The summed E-state index contributed by atoms with van der Waals surface area (Å²) >= 11 is 0. The number of alkyl halides is 3. The lowest BCUT2D eigenvalue weighted by atomic mass is 9.96. The van der Waals surface area contributed by atoms with Crippen LogP contribution in [0.15, 0.2) is 60.9 Å². The Morgan fingerprint density at radius 1 is 1.02 bits per heavy atom. The molecule has 7 nitrogen and oxygen atoms in total. The molecule has 43 heavy (non-hydrogen) atoms. The van der Waals surface area contributed by atoms with Gasteiger partial charge in [0, 0.05) is 36.6 Å². The van der Waals surface area contributed by atoms with Gasteiger partial charge in [-0.15, -0.1) is 0 Å². The highest BCUT2D eigenvalue weighted by atomic mass is 19.4. The first-order valence-electron chi connectivity index (χ1n) is 13.4. The summed E-state index contributed by atoms with van der Waals surface area (Å²) in [6.45, 7) is 1.91. The third-order valence-corrected chi connectivity index (χ3v) is 7.86. The topological polar surface area (TPSA) is 71.3 Å². The van der Waals surface area contributed by atoms with E-state index in [0.717, 1.165) is 16.8 Å². The van der Waals surface area contributed by atoms with E-state index in [1.54, 1.807) is 19.1 Å². The molecule has 0 N–H and O–H groups in total.